The summed E-state index contributed by atoms with van der Waals surface area (Å²) in [7, 11) is -10.7. The molecule has 0 atom stereocenters. The second-order valence-electron chi connectivity index (χ2n) is 4.86. The number of hydrogen-bond acceptors (Lipinski definition) is 1. The Morgan fingerprint density at radius 2 is 1.50 bits per heavy atom. The number of rotatable bonds is 2. The second-order valence-corrected chi connectivity index (χ2v) is 7.69. The molecular weight excluding hydrogens is 397 g/mol. The summed E-state index contributed by atoms with van der Waals surface area (Å²) in [5.74, 6) is 0. The Morgan fingerprint density at radius 3 is 1.91 bits per heavy atom. The molecule has 1 aromatic carbocycles. The first-order valence-electron chi connectivity index (χ1n) is 6.39. The van der Waals surface area contributed by atoms with Crippen molar-refractivity contribution >= 4 is 35.1 Å². The van der Waals surface area contributed by atoms with Gasteiger partial charge in [-0.3, -0.25) is 0 Å². The van der Waals surface area contributed by atoms with Gasteiger partial charge < -0.3 is 0 Å². The molecule has 0 saturated heterocycles. The number of nitrogens with zero attached hydrogens (tertiary/aromatic N) is 2. The average Bonchev–Trinajstić information content (AvgIpc) is 2.59. The van der Waals surface area contributed by atoms with Crippen molar-refractivity contribution in [2.45, 2.75) is 20.8 Å². The fourth-order valence-corrected chi connectivity index (χ4v) is 2.62. The maximum atomic E-state index is 9.87. The van der Waals surface area contributed by atoms with E-state index in [-0.39, 0.29) is 0 Å². The Balaban J connectivity index is 0.000000295. The summed E-state index contributed by atoms with van der Waals surface area (Å²) in [5.41, 5.74) is 3.77. The summed E-state index contributed by atoms with van der Waals surface area (Å²) < 4.78 is 61.1. The van der Waals surface area contributed by atoms with Gasteiger partial charge >= 0.3 is 33.0 Å². The quantitative estimate of drug-likeness (QED) is 0.284. The molecule has 128 valence electrons. The van der Waals surface area contributed by atoms with Gasteiger partial charge in [0.25, 0.3) is 0 Å². The first kappa shape index (κ1) is 19.4. The standard InChI is InChI=1S/C12H16BrN2.F6P/c1-4-15(5-2)12-7-6-10(13)8-11(12)9(3)14-15;1-7(2,3,4,5)6/h6-8H,4-5H2,1-3H3;/q+1;-1. The van der Waals surface area contributed by atoms with E-state index in [4.69, 9.17) is 5.10 Å². The number of hydrogen-bond donors (Lipinski definition) is 0. The third kappa shape index (κ3) is 5.85. The van der Waals surface area contributed by atoms with Crippen LogP contribution in [-0.2, 0) is 0 Å². The Hall–Kier alpha value is -0.660. The van der Waals surface area contributed by atoms with Crippen LogP contribution in [0.15, 0.2) is 27.8 Å². The van der Waals surface area contributed by atoms with Crippen molar-refractivity contribution < 1.29 is 25.2 Å². The fourth-order valence-electron chi connectivity index (χ4n) is 2.26. The van der Waals surface area contributed by atoms with Crippen molar-refractivity contribution in [3.63, 3.8) is 0 Å². The van der Waals surface area contributed by atoms with Crippen LogP contribution in [0.5, 0.6) is 0 Å². The van der Waals surface area contributed by atoms with Gasteiger partial charge in [0.15, 0.2) is 5.69 Å². The van der Waals surface area contributed by atoms with E-state index < -0.39 is 7.81 Å². The third-order valence-corrected chi connectivity index (χ3v) is 3.68. The minimum atomic E-state index is -10.7. The molecule has 0 bridgehead atoms. The molecule has 1 aliphatic heterocycles. The molecule has 0 aliphatic carbocycles. The number of quaternary nitrogens is 1. The van der Waals surface area contributed by atoms with Crippen molar-refractivity contribution in [3.8, 4) is 0 Å². The van der Waals surface area contributed by atoms with E-state index in [1.54, 1.807) is 0 Å². The Morgan fingerprint density at radius 1 is 1.05 bits per heavy atom. The maximum absolute atomic E-state index is 10.7. The molecule has 2 nitrogen and oxygen atoms in total. The molecule has 0 saturated carbocycles. The Labute approximate surface area is 132 Å². The molecule has 0 unspecified atom stereocenters. The van der Waals surface area contributed by atoms with Gasteiger partial charge in [0.2, 0.25) is 0 Å². The molecule has 0 spiro atoms. The van der Waals surface area contributed by atoms with Gasteiger partial charge in [0.1, 0.15) is 18.8 Å². The number of benzene rings is 1. The SMILES string of the molecule is CC[N+]1(CC)N=C(C)c2cc(Br)ccc21.F[P-](F)(F)(F)(F)F. The molecule has 1 heterocycles. The van der Waals surface area contributed by atoms with Gasteiger partial charge in [-0.1, -0.05) is 21.0 Å². The number of halogens is 7. The van der Waals surface area contributed by atoms with Crippen molar-refractivity contribution in [1.29, 1.82) is 0 Å². The van der Waals surface area contributed by atoms with Crippen molar-refractivity contribution in [3.05, 3.63) is 28.2 Å². The molecule has 1 aromatic rings. The van der Waals surface area contributed by atoms with Gasteiger partial charge in [-0.25, -0.2) is 0 Å². The van der Waals surface area contributed by atoms with Crippen LogP contribution < -0.4 is 4.59 Å². The van der Waals surface area contributed by atoms with Crippen LogP contribution in [0.4, 0.5) is 30.9 Å². The van der Waals surface area contributed by atoms with Crippen LogP contribution in [0.2, 0.25) is 0 Å². The molecule has 0 aromatic heterocycles. The zero-order chi connectivity index (χ0) is 17.5. The summed E-state index contributed by atoms with van der Waals surface area (Å²) >= 11 is 3.51. The normalized spacial score (nSPS) is 19.3. The van der Waals surface area contributed by atoms with Crippen LogP contribution in [0.25, 0.3) is 0 Å². The van der Waals surface area contributed by atoms with E-state index in [1.165, 1.54) is 11.3 Å². The van der Waals surface area contributed by atoms with E-state index in [0.717, 1.165) is 27.9 Å². The summed E-state index contributed by atoms with van der Waals surface area (Å²) in [6, 6.07) is 6.46. The van der Waals surface area contributed by atoms with E-state index in [9.17, 15) is 25.2 Å². The molecule has 0 amide bonds. The summed E-state index contributed by atoms with van der Waals surface area (Å²) in [4.78, 5) is 0. The van der Waals surface area contributed by atoms with Gasteiger partial charge in [-0.05, 0) is 32.9 Å². The predicted molar refractivity (Wildman–Crippen MR) is 82.8 cm³/mol. The molecule has 10 heteroatoms. The Kier molecular flexibility index (Phi) is 4.56. The van der Waals surface area contributed by atoms with Gasteiger partial charge in [0, 0.05) is 10.5 Å². The van der Waals surface area contributed by atoms with Crippen LogP contribution in [0, 0.1) is 0 Å². The third-order valence-electron chi connectivity index (χ3n) is 3.18. The molecular formula is C12H16BrF6N2P. The van der Waals surface area contributed by atoms with Gasteiger partial charge in [-0.2, -0.15) is 4.59 Å². The monoisotopic (exact) mass is 412 g/mol. The molecule has 0 N–H and O–H groups in total. The molecule has 0 fully saturated rings. The van der Waals surface area contributed by atoms with E-state index in [2.05, 4.69) is 54.9 Å². The minimum absolute atomic E-state index is 0.744. The molecule has 0 radical (unpaired) electrons. The summed E-state index contributed by atoms with van der Waals surface area (Å²) in [6.07, 6.45) is 0. The van der Waals surface area contributed by atoms with Crippen molar-refractivity contribution in [1.82, 2.24) is 4.59 Å². The molecule has 2 rings (SSSR count). The van der Waals surface area contributed by atoms with Gasteiger partial charge in [-0.15, -0.1) is 0 Å². The first-order valence-corrected chi connectivity index (χ1v) is 9.21. The molecule has 1 aliphatic rings. The predicted octanol–water partition coefficient (Wildman–Crippen LogP) is 6.92. The van der Waals surface area contributed by atoms with E-state index in [0.29, 0.717) is 0 Å². The summed E-state index contributed by atoms with van der Waals surface area (Å²) in [5, 5.41) is 4.80. The number of fused-ring (bicyclic) bond motifs is 1. The zero-order valence-electron chi connectivity index (χ0n) is 12.1. The summed E-state index contributed by atoms with van der Waals surface area (Å²) in [6.45, 7) is 8.51. The topological polar surface area (TPSA) is 12.4 Å². The van der Waals surface area contributed by atoms with Crippen LogP contribution in [0.3, 0.4) is 0 Å². The van der Waals surface area contributed by atoms with Gasteiger partial charge in [0.05, 0.1) is 5.56 Å². The average molecular weight is 413 g/mol. The fraction of sp³-hybridized carbons (Fsp3) is 0.417. The first-order chi connectivity index (χ1) is 9.58. The second kappa shape index (κ2) is 5.18. The molecule has 22 heavy (non-hydrogen) atoms. The van der Waals surface area contributed by atoms with Crippen LogP contribution >= 0.6 is 23.7 Å². The van der Waals surface area contributed by atoms with Crippen molar-refractivity contribution in [2.75, 3.05) is 13.1 Å². The van der Waals surface area contributed by atoms with Crippen LogP contribution in [0.1, 0.15) is 26.3 Å². The zero-order valence-corrected chi connectivity index (χ0v) is 14.6. The van der Waals surface area contributed by atoms with Crippen LogP contribution in [-0.4, -0.2) is 18.8 Å². The van der Waals surface area contributed by atoms with E-state index in [1.807, 2.05) is 0 Å². The van der Waals surface area contributed by atoms with E-state index >= 15 is 0 Å². The van der Waals surface area contributed by atoms with Crippen molar-refractivity contribution in [2.24, 2.45) is 5.10 Å². The Bertz CT molecular complexity index is 596.